The van der Waals surface area contributed by atoms with Crippen LogP contribution in [0.4, 0.5) is 0 Å². The highest BCUT2D eigenvalue weighted by atomic mass is 28.3. The third-order valence-electron chi connectivity index (χ3n) is 0.333. The van der Waals surface area contributed by atoms with Crippen LogP contribution in [0.1, 0.15) is 1.43 Å². The lowest BCUT2D eigenvalue weighted by atomic mass is 11.9. The molecule has 0 unspecified atom stereocenters. The normalized spacial score (nSPS) is 9.60. The average Bonchev–Trinajstić information content (AvgIpc) is 1.38. The molecule has 1 nitrogen and oxygen atoms in total. The summed E-state index contributed by atoms with van der Waals surface area (Å²) in [6, 6.07) is 0. The lowest BCUT2D eigenvalue weighted by Gasteiger charge is -1.93. The van der Waals surface area contributed by atoms with Gasteiger partial charge in [-0.3, -0.25) is 0 Å². The summed E-state index contributed by atoms with van der Waals surface area (Å²) < 4.78 is 4.92. The molecule has 0 atom stereocenters. The molecule has 0 N–H and O–H groups in total. The van der Waals surface area contributed by atoms with Crippen LogP contribution in [-0.4, -0.2) is 19.5 Å². The van der Waals surface area contributed by atoms with Crippen molar-refractivity contribution in [1.29, 1.82) is 0 Å². The van der Waals surface area contributed by atoms with E-state index in [1.807, 2.05) is 0 Å². The minimum atomic E-state index is -0.637. The molecule has 0 saturated carbocycles. The van der Waals surface area contributed by atoms with E-state index in [4.69, 9.17) is 4.12 Å². The lowest BCUT2D eigenvalue weighted by Crippen LogP contribution is -2.02. The van der Waals surface area contributed by atoms with Gasteiger partial charge in [-0.2, -0.15) is 0 Å². The molecule has 0 aliphatic heterocycles. The zero-order chi connectivity index (χ0) is 4.28. The van der Waals surface area contributed by atoms with Gasteiger partial charge in [-0.1, -0.05) is 0 Å². The fourth-order valence-electron chi connectivity index (χ4n) is 0. The van der Waals surface area contributed by atoms with Gasteiger partial charge in [0.1, 0.15) is 0 Å². The summed E-state index contributed by atoms with van der Waals surface area (Å²) in [5.41, 5.74) is 0. The second-order valence-corrected chi connectivity index (χ2v) is 4.65. The van der Waals surface area contributed by atoms with E-state index >= 15 is 0 Å². The van der Waals surface area contributed by atoms with E-state index in [2.05, 4.69) is 13.1 Å². The molecule has 0 aromatic carbocycles. The SMILES string of the molecule is C[SiH](C)O[SiH2].[H+]. The molecule has 0 rings (SSSR count). The third-order valence-corrected chi connectivity index (χ3v) is 3.00. The van der Waals surface area contributed by atoms with Gasteiger partial charge in [0, 0.05) is 0 Å². The Morgan fingerprint density at radius 2 is 2.00 bits per heavy atom. The monoisotopic (exact) mass is 106 g/mol. The Kier molecular flexibility index (Phi) is 2.83. The molecule has 3 heteroatoms. The van der Waals surface area contributed by atoms with Gasteiger partial charge in [0.25, 0.3) is 0 Å². The highest BCUT2D eigenvalue weighted by molar-refractivity contribution is 6.52. The maximum atomic E-state index is 4.92. The van der Waals surface area contributed by atoms with E-state index in [0.29, 0.717) is 0 Å². The van der Waals surface area contributed by atoms with Crippen molar-refractivity contribution in [1.82, 2.24) is 0 Å². The van der Waals surface area contributed by atoms with Crippen molar-refractivity contribution in [3.8, 4) is 0 Å². The highest BCUT2D eigenvalue weighted by Crippen LogP contribution is 1.72. The van der Waals surface area contributed by atoms with Gasteiger partial charge < -0.3 is 4.12 Å². The fraction of sp³-hybridized carbons (Fsp3) is 1.00. The Balaban J connectivity index is 0. The van der Waals surface area contributed by atoms with Crippen molar-refractivity contribution in [2.24, 2.45) is 0 Å². The predicted octanol–water partition coefficient (Wildman–Crippen LogP) is -0.353. The molecule has 0 heterocycles. The van der Waals surface area contributed by atoms with Crippen molar-refractivity contribution >= 4 is 19.5 Å². The average molecular weight is 106 g/mol. The van der Waals surface area contributed by atoms with Crippen LogP contribution in [0.25, 0.3) is 0 Å². The maximum absolute atomic E-state index is 4.92. The van der Waals surface area contributed by atoms with E-state index < -0.39 is 9.04 Å². The van der Waals surface area contributed by atoms with Gasteiger partial charge in [-0.25, -0.2) is 0 Å². The topological polar surface area (TPSA) is 9.23 Å². The summed E-state index contributed by atoms with van der Waals surface area (Å²) in [5, 5.41) is 0. The summed E-state index contributed by atoms with van der Waals surface area (Å²) >= 11 is 0. The van der Waals surface area contributed by atoms with E-state index in [9.17, 15) is 0 Å². The van der Waals surface area contributed by atoms with E-state index in [1.54, 1.807) is 10.5 Å². The van der Waals surface area contributed by atoms with E-state index in [1.165, 1.54) is 0 Å². The zero-order valence-electron chi connectivity index (χ0n) is 4.69. The van der Waals surface area contributed by atoms with E-state index in [0.717, 1.165) is 0 Å². The van der Waals surface area contributed by atoms with Crippen LogP contribution in [0.5, 0.6) is 0 Å². The second kappa shape index (κ2) is 2.62. The van der Waals surface area contributed by atoms with Gasteiger partial charge in [0.05, 0.1) is 0 Å². The first kappa shape index (κ1) is 5.39. The predicted molar refractivity (Wildman–Crippen MR) is 29.6 cm³/mol. The summed E-state index contributed by atoms with van der Waals surface area (Å²) in [7, 11) is 0.958. The smallest absolute Gasteiger partial charge is 0.463 e. The first-order valence-corrected chi connectivity index (χ1v) is 5.04. The second-order valence-electron chi connectivity index (χ2n) is 1.22. The van der Waals surface area contributed by atoms with Crippen LogP contribution in [0, 0.1) is 0 Å². The Hall–Kier alpha value is 0.394. The van der Waals surface area contributed by atoms with Gasteiger partial charge in [-0.05, 0) is 13.1 Å². The molecular weight excluding hydrogens is 96.2 g/mol. The molecule has 0 aliphatic carbocycles. The quantitative estimate of drug-likeness (QED) is 0.415. The molecule has 0 aromatic rings. The zero-order valence-corrected chi connectivity index (χ0v) is 6.26. The molecule has 1 radical (unpaired) electrons. The first-order chi connectivity index (χ1) is 2.27. The summed E-state index contributed by atoms with van der Waals surface area (Å²) in [6.07, 6.45) is 0. The summed E-state index contributed by atoms with van der Waals surface area (Å²) in [6.45, 7) is 4.29. The molecule has 0 spiro atoms. The molecule has 0 aliphatic rings. The van der Waals surface area contributed by atoms with Gasteiger partial charge in [0.15, 0.2) is 19.5 Å². The van der Waals surface area contributed by atoms with Crippen molar-refractivity contribution < 1.29 is 5.54 Å². The highest BCUT2D eigenvalue weighted by Gasteiger charge is 1.82. The van der Waals surface area contributed by atoms with E-state index in [-0.39, 0.29) is 1.43 Å². The summed E-state index contributed by atoms with van der Waals surface area (Å²) in [5.74, 6) is 0. The Morgan fingerprint density at radius 3 is 2.00 bits per heavy atom. The van der Waals surface area contributed by atoms with Crippen molar-refractivity contribution in [2.45, 2.75) is 13.1 Å². The fourth-order valence-corrected chi connectivity index (χ4v) is 0. The maximum Gasteiger partial charge on any atom is 1.00 e. The van der Waals surface area contributed by atoms with Gasteiger partial charge in [0.2, 0.25) is 0 Å². The van der Waals surface area contributed by atoms with Crippen LogP contribution < -0.4 is 0 Å². The molecular formula is C2H10OSi2+. The molecule has 0 saturated heterocycles. The minimum absolute atomic E-state index is 0. The lowest BCUT2D eigenvalue weighted by molar-refractivity contribution is 0.647. The Bertz CT molecular complexity index is 25.5. The minimum Gasteiger partial charge on any atom is -0.463 e. The van der Waals surface area contributed by atoms with Crippen LogP contribution in [0.3, 0.4) is 0 Å². The number of hydrogen-bond donors (Lipinski definition) is 0. The van der Waals surface area contributed by atoms with Crippen LogP contribution >= 0.6 is 0 Å². The van der Waals surface area contributed by atoms with Gasteiger partial charge in [-0.15, -0.1) is 0 Å². The van der Waals surface area contributed by atoms with Crippen LogP contribution in [0.15, 0.2) is 0 Å². The molecule has 0 aromatic heterocycles. The largest absolute Gasteiger partial charge is 1.00 e. The van der Waals surface area contributed by atoms with Crippen molar-refractivity contribution in [2.75, 3.05) is 0 Å². The standard InChI is InChI=1S/C2H9OSi2/c1-5(2)3-4/h5H,4H2,1-2H3/p+1. The number of hydrogen-bond acceptors (Lipinski definition) is 1. The Labute approximate surface area is 39.1 Å². The van der Waals surface area contributed by atoms with Crippen LogP contribution in [0.2, 0.25) is 13.1 Å². The Morgan fingerprint density at radius 1 is 1.80 bits per heavy atom. The molecule has 0 amide bonds. The first-order valence-electron chi connectivity index (χ1n) is 1.68. The molecule has 0 bridgehead atoms. The van der Waals surface area contributed by atoms with Crippen molar-refractivity contribution in [3.05, 3.63) is 0 Å². The molecule has 5 heavy (non-hydrogen) atoms. The van der Waals surface area contributed by atoms with Crippen molar-refractivity contribution in [3.63, 3.8) is 0 Å². The molecule has 0 fully saturated rings. The van der Waals surface area contributed by atoms with Crippen LogP contribution in [-0.2, 0) is 4.12 Å². The van der Waals surface area contributed by atoms with Gasteiger partial charge >= 0.3 is 1.43 Å². The third kappa shape index (κ3) is 4.39. The molecule has 31 valence electrons. The number of rotatable bonds is 1. The summed E-state index contributed by atoms with van der Waals surface area (Å²) in [4.78, 5) is 0.